The molecule has 4 N–H and O–H groups in total. The standard InChI is InChI=1S/C17H23N5O6S3/c1-10-7-15(29-12(10)5-6-28-3)31(26,27)22-17(24)21-14-9-11(30(4)25)8-13(19-14)20-16(23)18-2/h7-9H,5-6H2,1-4H3,(H4,18,19,20,21,22,23,24). The molecule has 0 aliphatic heterocycles. The Balaban J connectivity index is 2.18. The number of sulfonamides is 1. The number of nitrogens with zero attached hydrogens (tertiary/aromatic N) is 1. The topological polar surface area (TPSA) is 162 Å². The lowest BCUT2D eigenvalue weighted by Crippen LogP contribution is -2.34. The molecule has 0 aliphatic carbocycles. The molecule has 170 valence electrons. The molecule has 2 heterocycles. The number of nitrogens with one attached hydrogen (secondary N) is 4. The zero-order chi connectivity index (χ0) is 23.2. The Morgan fingerprint density at radius 1 is 1.19 bits per heavy atom. The zero-order valence-corrected chi connectivity index (χ0v) is 19.7. The number of anilines is 2. The summed E-state index contributed by atoms with van der Waals surface area (Å²) in [7, 11) is -1.16. The van der Waals surface area contributed by atoms with Gasteiger partial charge in [0, 0.05) is 37.6 Å². The van der Waals surface area contributed by atoms with E-state index in [2.05, 4.69) is 20.9 Å². The summed E-state index contributed by atoms with van der Waals surface area (Å²) in [6, 6.07) is 2.55. The molecular weight excluding hydrogens is 466 g/mol. The normalized spacial score (nSPS) is 12.2. The number of aromatic nitrogens is 1. The van der Waals surface area contributed by atoms with Crippen LogP contribution < -0.4 is 20.7 Å². The quantitative estimate of drug-likeness (QED) is 0.410. The van der Waals surface area contributed by atoms with Gasteiger partial charge in [0.25, 0.3) is 10.0 Å². The molecule has 4 amide bonds. The van der Waals surface area contributed by atoms with Crippen LogP contribution in [-0.4, -0.2) is 57.0 Å². The highest BCUT2D eigenvalue weighted by Gasteiger charge is 2.22. The van der Waals surface area contributed by atoms with E-state index in [-0.39, 0.29) is 20.7 Å². The molecule has 0 bridgehead atoms. The van der Waals surface area contributed by atoms with Crippen molar-refractivity contribution in [1.82, 2.24) is 15.0 Å². The van der Waals surface area contributed by atoms with Crippen molar-refractivity contribution in [2.24, 2.45) is 0 Å². The molecule has 2 aromatic heterocycles. The van der Waals surface area contributed by atoms with Gasteiger partial charge in [-0.05, 0) is 29.7 Å². The summed E-state index contributed by atoms with van der Waals surface area (Å²) < 4.78 is 43.9. The van der Waals surface area contributed by atoms with Crippen molar-refractivity contribution in [3.05, 3.63) is 28.6 Å². The van der Waals surface area contributed by atoms with Gasteiger partial charge in [0.15, 0.2) is 4.90 Å². The number of urea groups is 2. The highest BCUT2D eigenvalue weighted by Crippen LogP contribution is 2.26. The van der Waals surface area contributed by atoms with Crippen molar-refractivity contribution in [2.75, 3.05) is 37.7 Å². The molecule has 0 aliphatic rings. The zero-order valence-electron chi connectivity index (χ0n) is 17.3. The molecule has 31 heavy (non-hydrogen) atoms. The number of thiophene rings is 1. The maximum absolute atomic E-state index is 12.6. The van der Waals surface area contributed by atoms with Crippen molar-refractivity contribution in [3.63, 3.8) is 0 Å². The Bertz CT molecular complexity index is 1050. The number of hydrogen-bond donors (Lipinski definition) is 4. The van der Waals surface area contributed by atoms with Crippen LogP contribution >= 0.6 is 11.3 Å². The molecule has 1 unspecified atom stereocenters. The molecule has 0 spiro atoms. The fourth-order valence-corrected chi connectivity index (χ4v) is 5.39. The van der Waals surface area contributed by atoms with Crippen LogP contribution in [0.25, 0.3) is 0 Å². The summed E-state index contributed by atoms with van der Waals surface area (Å²) in [4.78, 5) is 28.9. The van der Waals surface area contributed by atoms with Crippen LogP contribution in [0, 0.1) is 6.92 Å². The van der Waals surface area contributed by atoms with Crippen LogP contribution in [0.3, 0.4) is 0 Å². The maximum Gasteiger partial charge on any atom is 0.334 e. The highest BCUT2D eigenvalue weighted by atomic mass is 32.2. The number of pyridine rings is 1. The molecule has 0 fully saturated rings. The van der Waals surface area contributed by atoms with Gasteiger partial charge in [-0.25, -0.2) is 27.7 Å². The van der Waals surface area contributed by atoms with Crippen molar-refractivity contribution >= 4 is 56.2 Å². The molecule has 0 saturated heterocycles. The van der Waals surface area contributed by atoms with Crippen LogP contribution in [-0.2, 0) is 32.4 Å². The maximum atomic E-state index is 12.6. The first-order chi connectivity index (χ1) is 14.6. The minimum Gasteiger partial charge on any atom is -0.612 e. The molecule has 14 heteroatoms. The van der Waals surface area contributed by atoms with E-state index in [4.69, 9.17) is 4.74 Å². The average molecular weight is 490 g/mol. The fraction of sp³-hybridized carbons (Fsp3) is 0.353. The van der Waals surface area contributed by atoms with E-state index in [1.807, 2.05) is 4.72 Å². The molecule has 2 rings (SSSR count). The minimum atomic E-state index is -4.12. The number of amides is 4. The Kier molecular flexibility index (Phi) is 8.64. The van der Waals surface area contributed by atoms with Crippen molar-refractivity contribution in [2.45, 2.75) is 22.4 Å². The van der Waals surface area contributed by atoms with Gasteiger partial charge in [0.05, 0.1) is 6.61 Å². The molecule has 0 saturated carbocycles. The van der Waals surface area contributed by atoms with Gasteiger partial charge in [-0.1, -0.05) is 0 Å². The number of carbonyl (C=O) groups is 2. The van der Waals surface area contributed by atoms with Gasteiger partial charge in [-0.3, -0.25) is 10.6 Å². The van der Waals surface area contributed by atoms with Crippen LogP contribution in [0.4, 0.5) is 21.2 Å². The first-order valence-electron chi connectivity index (χ1n) is 8.82. The lowest BCUT2D eigenvalue weighted by molar-refractivity contribution is 0.203. The minimum absolute atomic E-state index is 0.00963. The van der Waals surface area contributed by atoms with Gasteiger partial charge in [0.1, 0.15) is 22.1 Å². The van der Waals surface area contributed by atoms with Gasteiger partial charge >= 0.3 is 12.1 Å². The van der Waals surface area contributed by atoms with Crippen LogP contribution in [0.15, 0.2) is 27.3 Å². The summed E-state index contributed by atoms with van der Waals surface area (Å²) >= 11 is -0.391. The molecular formula is C17H23N5O6S3. The van der Waals surface area contributed by atoms with Gasteiger partial charge in [0.2, 0.25) is 0 Å². The van der Waals surface area contributed by atoms with Gasteiger partial charge in [-0.2, -0.15) is 0 Å². The van der Waals surface area contributed by atoms with E-state index >= 15 is 0 Å². The highest BCUT2D eigenvalue weighted by molar-refractivity contribution is 7.92. The lowest BCUT2D eigenvalue weighted by atomic mass is 10.2. The molecule has 0 aromatic carbocycles. The first-order valence-corrected chi connectivity index (χ1v) is 12.7. The van der Waals surface area contributed by atoms with E-state index in [0.717, 1.165) is 21.8 Å². The second kappa shape index (κ2) is 10.8. The summed E-state index contributed by atoms with van der Waals surface area (Å²) in [6.07, 6.45) is 1.97. The van der Waals surface area contributed by atoms with E-state index < -0.39 is 33.3 Å². The lowest BCUT2D eigenvalue weighted by Gasteiger charge is -2.11. The smallest absolute Gasteiger partial charge is 0.334 e. The number of ether oxygens (including phenoxy) is 1. The van der Waals surface area contributed by atoms with Crippen molar-refractivity contribution in [3.8, 4) is 0 Å². The average Bonchev–Trinajstić information content (AvgIpc) is 3.07. The Hall–Kier alpha value is -2.39. The van der Waals surface area contributed by atoms with E-state index in [0.29, 0.717) is 13.0 Å². The van der Waals surface area contributed by atoms with Gasteiger partial charge in [-0.15, -0.1) is 11.3 Å². The number of hydrogen-bond acceptors (Lipinski definition) is 8. The molecule has 2 aromatic rings. The SMILES string of the molecule is CNC(=O)Nc1cc([S+](C)[O-])cc(NC(=O)NS(=O)(=O)c2cc(C)c(CCOC)s2)n1. The van der Waals surface area contributed by atoms with E-state index in [1.165, 1.54) is 31.5 Å². The second-order valence-corrected chi connectivity index (χ2v) is 10.6. The number of carbonyl (C=O) groups excluding carboxylic acids is 2. The summed E-state index contributed by atoms with van der Waals surface area (Å²) in [5.41, 5.74) is 0.785. The van der Waals surface area contributed by atoms with E-state index in [9.17, 15) is 22.6 Å². The number of aryl methyl sites for hydroxylation is 1. The summed E-state index contributed by atoms with van der Waals surface area (Å²) in [5, 5.41) is 7.03. The van der Waals surface area contributed by atoms with Crippen LogP contribution in [0.1, 0.15) is 10.4 Å². The fourth-order valence-electron chi connectivity index (χ4n) is 2.36. The Morgan fingerprint density at radius 2 is 1.81 bits per heavy atom. The monoisotopic (exact) mass is 489 g/mol. The third kappa shape index (κ3) is 7.07. The largest absolute Gasteiger partial charge is 0.612 e. The van der Waals surface area contributed by atoms with E-state index in [1.54, 1.807) is 14.0 Å². The molecule has 1 atom stereocenters. The second-order valence-electron chi connectivity index (χ2n) is 6.21. The predicted octanol–water partition coefficient (Wildman–Crippen LogP) is 1.64. The molecule has 0 radical (unpaired) electrons. The third-order valence-electron chi connectivity index (χ3n) is 3.86. The Morgan fingerprint density at radius 3 is 2.35 bits per heavy atom. The van der Waals surface area contributed by atoms with Gasteiger partial charge < -0.3 is 14.6 Å². The first kappa shape index (κ1) is 24.9. The van der Waals surface area contributed by atoms with Crippen LogP contribution in [0.2, 0.25) is 0 Å². The number of methoxy groups -OCH3 is 1. The summed E-state index contributed by atoms with van der Waals surface area (Å²) in [5.74, 6) is -0.0585. The molecule has 11 nitrogen and oxygen atoms in total. The third-order valence-corrected chi connectivity index (χ3v) is 7.87. The van der Waals surface area contributed by atoms with Crippen molar-refractivity contribution in [1.29, 1.82) is 0 Å². The summed E-state index contributed by atoms with van der Waals surface area (Å²) in [6.45, 7) is 2.23. The number of rotatable bonds is 8. The Labute approximate surface area is 187 Å². The van der Waals surface area contributed by atoms with Crippen molar-refractivity contribution < 1.29 is 27.3 Å². The predicted molar refractivity (Wildman–Crippen MR) is 119 cm³/mol. The van der Waals surface area contributed by atoms with Crippen LogP contribution in [0.5, 0.6) is 0 Å².